The summed E-state index contributed by atoms with van der Waals surface area (Å²) in [6.45, 7) is 2.78. The van der Waals surface area contributed by atoms with E-state index in [0.717, 1.165) is 25.6 Å². The first-order chi connectivity index (χ1) is 6.77. The number of hydrogen-bond donors (Lipinski definition) is 1. The topological polar surface area (TPSA) is 27.6 Å². The Hall–Kier alpha value is -0.550. The molecule has 1 aromatic rings. The van der Waals surface area contributed by atoms with Crippen molar-refractivity contribution in [3.8, 4) is 0 Å². The highest BCUT2D eigenvalue weighted by molar-refractivity contribution is 9.10. The Balaban J connectivity index is 1.92. The first-order valence-corrected chi connectivity index (χ1v) is 6.16. The second kappa shape index (κ2) is 4.31. The summed E-state index contributed by atoms with van der Waals surface area (Å²) in [6.07, 6.45) is 0. The third-order valence-electron chi connectivity index (χ3n) is 2.16. The van der Waals surface area contributed by atoms with Crippen LogP contribution in [0.15, 0.2) is 20.9 Å². The molecule has 0 radical (unpaired) electrons. The van der Waals surface area contributed by atoms with E-state index in [0.29, 0.717) is 0 Å². The summed E-state index contributed by atoms with van der Waals surface area (Å²) in [6, 6.07) is 2.07. The lowest BCUT2D eigenvalue weighted by atomic mass is 10.4. The van der Waals surface area contributed by atoms with Crippen molar-refractivity contribution in [2.75, 3.05) is 20.1 Å². The monoisotopic (exact) mass is 273 g/mol. The van der Waals surface area contributed by atoms with E-state index in [-0.39, 0.29) is 0 Å². The molecule has 1 aromatic heterocycles. The van der Waals surface area contributed by atoms with Crippen molar-refractivity contribution in [3.63, 3.8) is 0 Å². The summed E-state index contributed by atoms with van der Waals surface area (Å²) >= 11 is 5.26. The molecule has 0 bridgehead atoms. The minimum atomic E-state index is 0.849. The van der Waals surface area contributed by atoms with E-state index in [4.69, 9.17) is 0 Å². The van der Waals surface area contributed by atoms with Crippen molar-refractivity contribution in [2.24, 2.45) is 4.99 Å². The number of hydrogen-bond acceptors (Lipinski definition) is 4. The maximum atomic E-state index is 4.37. The van der Waals surface area contributed by atoms with E-state index >= 15 is 0 Å². The predicted molar refractivity (Wildman–Crippen MR) is 63.8 cm³/mol. The van der Waals surface area contributed by atoms with Crippen LogP contribution in [0.2, 0.25) is 0 Å². The third-order valence-corrected chi connectivity index (χ3v) is 4.08. The second-order valence-corrected chi connectivity index (χ2v) is 5.03. The zero-order chi connectivity index (χ0) is 9.97. The molecule has 5 heteroatoms. The van der Waals surface area contributed by atoms with Gasteiger partial charge >= 0.3 is 0 Å². The molecule has 0 aliphatic carbocycles. The van der Waals surface area contributed by atoms with Crippen LogP contribution in [0, 0.1) is 0 Å². The van der Waals surface area contributed by atoms with Crippen LogP contribution < -0.4 is 5.32 Å². The van der Waals surface area contributed by atoms with Gasteiger partial charge in [-0.05, 0) is 27.4 Å². The fourth-order valence-corrected chi connectivity index (χ4v) is 2.77. The van der Waals surface area contributed by atoms with E-state index in [1.54, 1.807) is 11.3 Å². The van der Waals surface area contributed by atoms with Gasteiger partial charge in [0.1, 0.15) is 0 Å². The minimum Gasteiger partial charge on any atom is -0.351 e. The Morgan fingerprint density at radius 2 is 2.57 bits per heavy atom. The van der Waals surface area contributed by atoms with E-state index in [9.17, 15) is 0 Å². The van der Waals surface area contributed by atoms with Crippen LogP contribution in [0.4, 0.5) is 0 Å². The standard InChI is InChI=1S/C9H12BrN3S/c1-13-4-3-11-9(13)12-6-8-7(10)2-5-14-8/h2,5H,3-4,6H2,1H3,(H,11,12). The molecule has 0 unspecified atom stereocenters. The van der Waals surface area contributed by atoms with Crippen LogP contribution in [0.3, 0.4) is 0 Å². The van der Waals surface area contributed by atoms with E-state index < -0.39 is 0 Å². The normalized spacial score (nSPS) is 15.9. The molecule has 0 saturated heterocycles. The van der Waals surface area contributed by atoms with Gasteiger partial charge in [0.15, 0.2) is 5.96 Å². The van der Waals surface area contributed by atoms with Crippen LogP contribution in [-0.2, 0) is 6.54 Å². The molecular weight excluding hydrogens is 262 g/mol. The highest BCUT2D eigenvalue weighted by atomic mass is 79.9. The molecule has 0 saturated carbocycles. The largest absolute Gasteiger partial charge is 0.351 e. The Morgan fingerprint density at radius 3 is 3.14 bits per heavy atom. The molecule has 0 atom stereocenters. The highest BCUT2D eigenvalue weighted by Gasteiger charge is 2.12. The summed E-state index contributed by atoms with van der Waals surface area (Å²) in [7, 11) is 2.06. The fourth-order valence-electron chi connectivity index (χ4n) is 1.33. The van der Waals surface area contributed by atoms with Gasteiger partial charge in [0.25, 0.3) is 0 Å². The van der Waals surface area contributed by atoms with Crippen LogP contribution in [0.1, 0.15) is 4.88 Å². The maximum Gasteiger partial charge on any atom is 0.194 e. The molecule has 1 N–H and O–H groups in total. The van der Waals surface area contributed by atoms with Crippen molar-refractivity contribution in [1.29, 1.82) is 0 Å². The van der Waals surface area contributed by atoms with E-state index in [1.807, 2.05) is 0 Å². The van der Waals surface area contributed by atoms with Crippen LogP contribution in [-0.4, -0.2) is 31.0 Å². The summed E-state index contributed by atoms with van der Waals surface area (Å²) in [5.74, 6) is 1.00. The highest BCUT2D eigenvalue weighted by Crippen LogP contribution is 2.22. The van der Waals surface area contributed by atoms with Gasteiger partial charge in [-0.25, -0.2) is 0 Å². The number of nitrogens with one attached hydrogen (secondary N) is 1. The van der Waals surface area contributed by atoms with Crippen molar-refractivity contribution in [1.82, 2.24) is 10.2 Å². The lowest BCUT2D eigenvalue weighted by molar-refractivity contribution is 0.534. The predicted octanol–water partition coefficient (Wildman–Crippen LogP) is 1.90. The summed E-state index contributed by atoms with van der Waals surface area (Å²) in [4.78, 5) is 7.82. The summed E-state index contributed by atoms with van der Waals surface area (Å²) < 4.78 is 1.18. The molecule has 2 heterocycles. The van der Waals surface area contributed by atoms with Gasteiger partial charge in [0, 0.05) is 22.9 Å². The van der Waals surface area contributed by atoms with Crippen LogP contribution in [0.5, 0.6) is 0 Å². The van der Waals surface area contributed by atoms with Crippen molar-refractivity contribution in [3.05, 3.63) is 20.8 Å². The van der Waals surface area contributed by atoms with Crippen molar-refractivity contribution < 1.29 is 0 Å². The first kappa shape index (κ1) is 9.98. The Kier molecular flexibility index (Phi) is 3.08. The van der Waals surface area contributed by atoms with Crippen LogP contribution in [0.25, 0.3) is 0 Å². The van der Waals surface area contributed by atoms with Gasteiger partial charge in [0.05, 0.1) is 13.1 Å². The van der Waals surface area contributed by atoms with E-state index in [1.165, 1.54) is 9.35 Å². The number of aliphatic imine (C=N–C) groups is 1. The number of guanidine groups is 1. The first-order valence-electron chi connectivity index (χ1n) is 4.48. The number of halogens is 1. The van der Waals surface area contributed by atoms with Gasteiger partial charge in [-0.2, -0.15) is 0 Å². The summed E-state index contributed by atoms with van der Waals surface area (Å²) in [5, 5.41) is 5.42. The molecule has 14 heavy (non-hydrogen) atoms. The van der Waals surface area contributed by atoms with Crippen molar-refractivity contribution in [2.45, 2.75) is 6.54 Å². The SMILES string of the molecule is CN1CCN=C1NCc1sccc1Br. The molecule has 1 aliphatic heterocycles. The summed E-state index contributed by atoms with van der Waals surface area (Å²) in [5.41, 5.74) is 0. The smallest absolute Gasteiger partial charge is 0.194 e. The second-order valence-electron chi connectivity index (χ2n) is 3.17. The molecular formula is C9H12BrN3S. The van der Waals surface area contributed by atoms with Crippen LogP contribution >= 0.6 is 27.3 Å². The van der Waals surface area contributed by atoms with E-state index in [2.05, 4.69) is 49.6 Å². The average Bonchev–Trinajstić information content (AvgIpc) is 2.72. The average molecular weight is 274 g/mol. The molecule has 1 aliphatic rings. The van der Waals surface area contributed by atoms with Crippen molar-refractivity contribution >= 4 is 33.2 Å². The minimum absolute atomic E-state index is 0.849. The van der Waals surface area contributed by atoms with Gasteiger partial charge < -0.3 is 10.2 Å². The number of rotatable bonds is 2. The molecule has 2 rings (SSSR count). The van der Waals surface area contributed by atoms with Gasteiger partial charge in [-0.3, -0.25) is 4.99 Å². The zero-order valence-corrected chi connectivity index (χ0v) is 10.4. The quantitative estimate of drug-likeness (QED) is 0.892. The Labute approximate surface area is 96.0 Å². The lowest BCUT2D eigenvalue weighted by Crippen LogP contribution is -2.34. The molecule has 3 nitrogen and oxygen atoms in total. The molecule has 0 aromatic carbocycles. The maximum absolute atomic E-state index is 4.37. The lowest BCUT2D eigenvalue weighted by Gasteiger charge is -2.14. The number of thiophene rings is 1. The fraction of sp³-hybridized carbons (Fsp3) is 0.444. The van der Waals surface area contributed by atoms with Gasteiger partial charge in [-0.15, -0.1) is 11.3 Å². The van der Waals surface area contributed by atoms with Gasteiger partial charge in [0.2, 0.25) is 0 Å². The Bertz CT molecular complexity index is 348. The molecule has 76 valence electrons. The molecule has 0 amide bonds. The molecule has 0 spiro atoms. The third kappa shape index (κ3) is 2.09. The Morgan fingerprint density at radius 1 is 1.71 bits per heavy atom. The number of likely N-dealkylation sites (N-methyl/N-ethyl adjacent to an activating group) is 1. The van der Waals surface area contributed by atoms with Gasteiger partial charge in [-0.1, -0.05) is 0 Å². The molecule has 0 fully saturated rings. The number of nitrogens with zero attached hydrogens (tertiary/aromatic N) is 2. The zero-order valence-electron chi connectivity index (χ0n) is 7.96.